The summed E-state index contributed by atoms with van der Waals surface area (Å²) in [5.74, 6) is 0.434. The standard InChI is InChI=1S/C30H35NO5/c1-3-10-24-14-19-28(36-22-29(32)34-4-2)27(21-24)31-30(33)25-15-17-26(18-16-25)35-20-9-8-13-23-11-6-5-7-12-23/h5-7,11-12,14-19,21H,3-4,8-10,13,20,22H2,1-2H3,(H,31,33). The lowest BCUT2D eigenvalue weighted by atomic mass is 10.1. The molecule has 1 N–H and O–H groups in total. The number of hydrogen-bond acceptors (Lipinski definition) is 5. The predicted molar refractivity (Wildman–Crippen MR) is 142 cm³/mol. The van der Waals surface area contributed by atoms with Gasteiger partial charge >= 0.3 is 5.97 Å². The molecule has 36 heavy (non-hydrogen) atoms. The first kappa shape index (κ1) is 26.8. The van der Waals surface area contributed by atoms with Crippen LogP contribution in [0.15, 0.2) is 72.8 Å². The number of esters is 1. The topological polar surface area (TPSA) is 73.9 Å². The summed E-state index contributed by atoms with van der Waals surface area (Å²) in [5.41, 5.74) is 3.44. The molecule has 0 fully saturated rings. The number of benzene rings is 3. The minimum Gasteiger partial charge on any atom is -0.494 e. The summed E-state index contributed by atoms with van der Waals surface area (Å²) in [6, 6.07) is 23.1. The molecule has 3 aromatic carbocycles. The molecule has 0 unspecified atom stereocenters. The fourth-order valence-electron chi connectivity index (χ4n) is 3.75. The molecule has 3 aromatic rings. The molecular weight excluding hydrogens is 454 g/mol. The van der Waals surface area contributed by atoms with Crippen molar-refractivity contribution in [1.82, 2.24) is 0 Å². The van der Waals surface area contributed by atoms with E-state index in [9.17, 15) is 9.59 Å². The van der Waals surface area contributed by atoms with Crippen LogP contribution in [0.25, 0.3) is 0 Å². The lowest BCUT2D eigenvalue weighted by Crippen LogP contribution is -2.17. The molecule has 0 bridgehead atoms. The molecular formula is C30H35NO5. The number of anilines is 1. The van der Waals surface area contributed by atoms with Crippen LogP contribution in [0, 0.1) is 0 Å². The zero-order valence-corrected chi connectivity index (χ0v) is 21.1. The second kappa shape index (κ2) is 14.6. The van der Waals surface area contributed by atoms with Crippen LogP contribution >= 0.6 is 0 Å². The third-order valence-electron chi connectivity index (χ3n) is 5.57. The predicted octanol–water partition coefficient (Wildman–Crippen LogP) is 6.24. The Labute approximate surface area is 213 Å². The third kappa shape index (κ3) is 8.77. The van der Waals surface area contributed by atoms with E-state index in [0.717, 1.165) is 43.4 Å². The second-order valence-corrected chi connectivity index (χ2v) is 8.44. The Hall–Kier alpha value is -3.80. The van der Waals surface area contributed by atoms with Gasteiger partial charge in [-0.05, 0) is 80.1 Å². The molecule has 0 atom stereocenters. The number of rotatable bonds is 14. The number of nitrogens with one attached hydrogen (secondary N) is 1. The molecule has 6 heteroatoms. The van der Waals surface area contributed by atoms with Gasteiger partial charge < -0.3 is 19.5 Å². The van der Waals surface area contributed by atoms with Crippen molar-refractivity contribution >= 4 is 17.6 Å². The summed E-state index contributed by atoms with van der Waals surface area (Å²) < 4.78 is 16.4. The Morgan fingerprint density at radius 1 is 0.806 bits per heavy atom. The van der Waals surface area contributed by atoms with Crippen LogP contribution in [0.2, 0.25) is 0 Å². The van der Waals surface area contributed by atoms with Gasteiger partial charge in [-0.1, -0.05) is 49.7 Å². The molecule has 190 valence electrons. The van der Waals surface area contributed by atoms with E-state index < -0.39 is 5.97 Å². The summed E-state index contributed by atoms with van der Waals surface area (Å²) in [6.07, 6.45) is 4.90. The highest BCUT2D eigenvalue weighted by atomic mass is 16.6. The maximum atomic E-state index is 12.9. The maximum Gasteiger partial charge on any atom is 0.344 e. The Bertz CT molecular complexity index is 1100. The monoisotopic (exact) mass is 489 g/mol. The lowest BCUT2D eigenvalue weighted by Gasteiger charge is -2.14. The van der Waals surface area contributed by atoms with Gasteiger partial charge in [-0.3, -0.25) is 4.79 Å². The SMILES string of the molecule is CCCc1ccc(OCC(=O)OCC)c(NC(=O)c2ccc(OCCCCc3ccccc3)cc2)c1. The molecule has 0 spiro atoms. The van der Waals surface area contributed by atoms with Gasteiger partial charge in [-0.2, -0.15) is 0 Å². The van der Waals surface area contributed by atoms with E-state index in [2.05, 4.69) is 36.5 Å². The molecule has 0 aliphatic heterocycles. The van der Waals surface area contributed by atoms with Crippen LogP contribution in [-0.2, 0) is 22.4 Å². The number of amides is 1. The van der Waals surface area contributed by atoms with Gasteiger partial charge in [-0.15, -0.1) is 0 Å². The van der Waals surface area contributed by atoms with E-state index in [1.54, 1.807) is 37.3 Å². The van der Waals surface area contributed by atoms with Crippen LogP contribution in [0.4, 0.5) is 5.69 Å². The average molecular weight is 490 g/mol. The van der Waals surface area contributed by atoms with Crippen LogP contribution in [-0.4, -0.2) is 31.7 Å². The smallest absolute Gasteiger partial charge is 0.344 e. The minimum absolute atomic E-state index is 0.221. The normalized spacial score (nSPS) is 10.5. The molecule has 0 aromatic heterocycles. The number of ether oxygens (including phenoxy) is 3. The highest BCUT2D eigenvalue weighted by Crippen LogP contribution is 2.27. The fraction of sp³-hybridized carbons (Fsp3) is 0.333. The largest absolute Gasteiger partial charge is 0.494 e. The van der Waals surface area contributed by atoms with E-state index in [1.165, 1.54) is 5.56 Å². The summed E-state index contributed by atoms with van der Waals surface area (Å²) in [7, 11) is 0. The number of hydrogen-bond donors (Lipinski definition) is 1. The van der Waals surface area contributed by atoms with Crippen LogP contribution in [0.3, 0.4) is 0 Å². The molecule has 0 aliphatic carbocycles. The van der Waals surface area contributed by atoms with Crippen molar-refractivity contribution in [2.75, 3.05) is 25.1 Å². The van der Waals surface area contributed by atoms with Gasteiger partial charge in [0, 0.05) is 5.56 Å². The van der Waals surface area contributed by atoms with Crippen molar-refractivity contribution in [3.63, 3.8) is 0 Å². The van der Waals surface area contributed by atoms with Crippen molar-refractivity contribution in [3.05, 3.63) is 89.5 Å². The Morgan fingerprint density at radius 3 is 2.31 bits per heavy atom. The van der Waals surface area contributed by atoms with Crippen molar-refractivity contribution < 1.29 is 23.8 Å². The zero-order chi connectivity index (χ0) is 25.6. The first-order valence-corrected chi connectivity index (χ1v) is 12.6. The summed E-state index contributed by atoms with van der Waals surface area (Å²) >= 11 is 0. The molecule has 1 amide bonds. The molecule has 0 radical (unpaired) electrons. The van der Waals surface area contributed by atoms with Crippen molar-refractivity contribution in [3.8, 4) is 11.5 Å². The highest BCUT2D eigenvalue weighted by Gasteiger charge is 2.13. The quantitative estimate of drug-likeness (QED) is 0.214. The van der Waals surface area contributed by atoms with Gasteiger partial charge in [0.25, 0.3) is 5.91 Å². The Balaban J connectivity index is 1.54. The minimum atomic E-state index is -0.455. The van der Waals surface area contributed by atoms with Crippen molar-refractivity contribution in [2.24, 2.45) is 0 Å². The molecule has 3 rings (SSSR count). The average Bonchev–Trinajstić information content (AvgIpc) is 2.89. The van der Waals surface area contributed by atoms with Gasteiger partial charge in [0.1, 0.15) is 11.5 Å². The summed E-state index contributed by atoms with van der Waals surface area (Å²) in [4.78, 5) is 24.6. The van der Waals surface area contributed by atoms with Gasteiger partial charge in [-0.25, -0.2) is 4.79 Å². The highest BCUT2D eigenvalue weighted by molar-refractivity contribution is 6.05. The van der Waals surface area contributed by atoms with E-state index in [0.29, 0.717) is 23.6 Å². The van der Waals surface area contributed by atoms with E-state index >= 15 is 0 Å². The molecule has 0 saturated carbocycles. The number of aryl methyl sites for hydroxylation is 2. The molecule has 6 nitrogen and oxygen atoms in total. The van der Waals surface area contributed by atoms with Crippen LogP contribution in [0.5, 0.6) is 11.5 Å². The van der Waals surface area contributed by atoms with E-state index in [-0.39, 0.29) is 19.1 Å². The molecule has 0 saturated heterocycles. The van der Waals surface area contributed by atoms with Crippen molar-refractivity contribution in [1.29, 1.82) is 0 Å². The Kier molecular flexibility index (Phi) is 10.8. The third-order valence-corrected chi connectivity index (χ3v) is 5.57. The first-order valence-electron chi connectivity index (χ1n) is 12.6. The zero-order valence-electron chi connectivity index (χ0n) is 21.1. The van der Waals surface area contributed by atoms with Crippen LogP contribution in [0.1, 0.15) is 54.6 Å². The van der Waals surface area contributed by atoms with Crippen molar-refractivity contribution in [2.45, 2.75) is 46.0 Å². The number of carbonyl (C=O) groups is 2. The Morgan fingerprint density at radius 2 is 1.58 bits per heavy atom. The maximum absolute atomic E-state index is 12.9. The van der Waals surface area contributed by atoms with Crippen LogP contribution < -0.4 is 14.8 Å². The second-order valence-electron chi connectivity index (χ2n) is 8.44. The lowest BCUT2D eigenvalue weighted by molar-refractivity contribution is -0.145. The summed E-state index contributed by atoms with van der Waals surface area (Å²) in [6.45, 7) is 4.53. The first-order chi connectivity index (χ1) is 17.6. The van der Waals surface area contributed by atoms with Gasteiger partial charge in [0.15, 0.2) is 6.61 Å². The number of carbonyl (C=O) groups excluding carboxylic acids is 2. The molecule has 0 aliphatic rings. The van der Waals surface area contributed by atoms with E-state index in [1.807, 2.05) is 18.2 Å². The van der Waals surface area contributed by atoms with E-state index in [4.69, 9.17) is 14.2 Å². The summed E-state index contributed by atoms with van der Waals surface area (Å²) in [5, 5.41) is 2.92. The number of unbranched alkanes of at least 4 members (excludes halogenated alkanes) is 1. The molecule has 0 heterocycles. The van der Waals surface area contributed by atoms with Gasteiger partial charge in [0.2, 0.25) is 0 Å². The fourth-order valence-corrected chi connectivity index (χ4v) is 3.75. The van der Waals surface area contributed by atoms with Gasteiger partial charge in [0.05, 0.1) is 18.9 Å².